The van der Waals surface area contributed by atoms with Crippen LogP contribution in [0.15, 0.2) is 28.1 Å². The fourth-order valence-electron chi connectivity index (χ4n) is 1.91. The molecule has 3 nitrogen and oxygen atoms in total. The minimum Gasteiger partial charge on any atom is -0.493 e. The second kappa shape index (κ2) is 6.80. The van der Waals surface area contributed by atoms with Crippen LogP contribution in [0.2, 0.25) is 5.02 Å². The molecule has 0 bridgehead atoms. The van der Waals surface area contributed by atoms with Crippen molar-refractivity contribution >= 4 is 38.9 Å². The molecule has 0 saturated carbocycles. The van der Waals surface area contributed by atoms with Crippen molar-refractivity contribution in [1.29, 1.82) is 0 Å². The number of methoxy groups -OCH3 is 2. The molecule has 0 amide bonds. The maximum atomic E-state index is 6.23. The van der Waals surface area contributed by atoms with Crippen LogP contribution >= 0.6 is 38.9 Å². The summed E-state index contributed by atoms with van der Waals surface area (Å²) in [5.74, 6) is 1.43. The molecule has 0 saturated heterocycles. The molecule has 6 heteroatoms. The van der Waals surface area contributed by atoms with E-state index in [1.165, 1.54) is 0 Å². The van der Waals surface area contributed by atoms with E-state index in [1.807, 2.05) is 24.3 Å². The van der Waals surface area contributed by atoms with Crippen LogP contribution in [-0.2, 0) is 6.42 Å². The highest BCUT2D eigenvalue weighted by atomic mass is 79.9. The van der Waals surface area contributed by atoms with Gasteiger partial charge in [0.15, 0.2) is 11.5 Å². The maximum Gasteiger partial charge on any atom is 0.160 e. The summed E-state index contributed by atoms with van der Waals surface area (Å²) in [6.45, 7) is 0. The van der Waals surface area contributed by atoms with E-state index in [-0.39, 0.29) is 6.04 Å². The van der Waals surface area contributed by atoms with Crippen molar-refractivity contribution in [2.75, 3.05) is 14.2 Å². The van der Waals surface area contributed by atoms with E-state index in [0.29, 0.717) is 22.9 Å². The summed E-state index contributed by atoms with van der Waals surface area (Å²) in [6, 6.07) is 7.64. The van der Waals surface area contributed by atoms with Crippen molar-refractivity contribution in [1.82, 2.24) is 0 Å². The van der Waals surface area contributed by atoms with Gasteiger partial charge in [-0.05, 0) is 46.1 Å². The van der Waals surface area contributed by atoms with Crippen molar-refractivity contribution in [3.63, 3.8) is 0 Å². The number of thiophene rings is 1. The molecule has 1 unspecified atom stereocenters. The van der Waals surface area contributed by atoms with Gasteiger partial charge in [-0.1, -0.05) is 17.7 Å². The number of hydrogen-bond donors (Lipinski definition) is 1. The topological polar surface area (TPSA) is 44.5 Å². The van der Waals surface area contributed by atoms with Gasteiger partial charge in [0.2, 0.25) is 0 Å². The first-order valence-electron chi connectivity index (χ1n) is 5.96. The molecule has 0 aliphatic rings. The molecule has 2 N–H and O–H groups in total. The minimum atomic E-state index is -0.0955. The summed E-state index contributed by atoms with van der Waals surface area (Å²) < 4.78 is 11.4. The van der Waals surface area contributed by atoms with Gasteiger partial charge in [-0.25, -0.2) is 0 Å². The predicted molar refractivity (Wildman–Crippen MR) is 87.2 cm³/mol. The maximum absolute atomic E-state index is 6.23. The van der Waals surface area contributed by atoms with E-state index in [2.05, 4.69) is 15.9 Å². The second-order valence-electron chi connectivity index (χ2n) is 4.27. The molecule has 0 aliphatic heterocycles. The highest BCUT2D eigenvalue weighted by Gasteiger charge is 2.14. The van der Waals surface area contributed by atoms with Crippen LogP contribution in [0.25, 0.3) is 0 Å². The third-order valence-electron chi connectivity index (χ3n) is 2.93. The third-order valence-corrected chi connectivity index (χ3v) is 5.54. The molecular weight excluding hydrogens is 362 g/mol. The van der Waals surface area contributed by atoms with Crippen LogP contribution in [-0.4, -0.2) is 14.2 Å². The van der Waals surface area contributed by atoms with E-state index in [9.17, 15) is 0 Å². The van der Waals surface area contributed by atoms with Crippen LogP contribution in [0.1, 0.15) is 16.5 Å². The van der Waals surface area contributed by atoms with E-state index in [4.69, 9.17) is 26.8 Å². The van der Waals surface area contributed by atoms with Crippen molar-refractivity contribution in [2.45, 2.75) is 12.5 Å². The van der Waals surface area contributed by atoms with Gasteiger partial charge in [-0.15, -0.1) is 11.3 Å². The zero-order chi connectivity index (χ0) is 14.7. The zero-order valence-corrected chi connectivity index (χ0v) is 14.3. The molecular formula is C14H15BrClNO2S. The van der Waals surface area contributed by atoms with Gasteiger partial charge < -0.3 is 15.2 Å². The van der Waals surface area contributed by atoms with Crippen LogP contribution in [0, 0.1) is 0 Å². The van der Waals surface area contributed by atoms with Gasteiger partial charge in [-0.2, -0.15) is 0 Å². The summed E-state index contributed by atoms with van der Waals surface area (Å²) in [4.78, 5) is 1.05. The standard InChI is InChI=1S/C14H15BrClNO2S/c1-18-11-4-3-8(6-12(11)19-2)5-10(17)13-7-9(16)14(15)20-13/h3-4,6-7,10H,5,17H2,1-2H3. The summed E-state index contributed by atoms with van der Waals surface area (Å²) in [5, 5.41) is 0.702. The largest absolute Gasteiger partial charge is 0.493 e. The Kier molecular flexibility index (Phi) is 5.32. The van der Waals surface area contributed by atoms with Crippen molar-refractivity contribution in [3.05, 3.63) is 43.5 Å². The van der Waals surface area contributed by atoms with Crippen LogP contribution < -0.4 is 15.2 Å². The van der Waals surface area contributed by atoms with Gasteiger partial charge in [0.1, 0.15) is 0 Å². The number of rotatable bonds is 5. The average Bonchev–Trinajstić information content (AvgIpc) is 2.78. The van der Waals surface area contributed by atoms with Gasteiger partial charge in [0.05, 0.1) is 23.0 Å². The first-order chi connectivity index (χ1) is 9.55. The molecule has 20 heavy (non-hydrogen) atoms. The van der Waals surface area contributed by atoms with Crippen molar-refractivity contribution in [3.8, 4) is 11.5 Å². The molecule has 2 aromatic rings. The number of hydrogen-bond acceptors (Lipinski definition) is 4. The Hall–Kier alpha value is -0.750. The molecule has 2 rings (SSSR count). The number of halogens is 2. The first-order valence-corrected chi connectivity index (χ1v) is 7.95. The molecule has 0 radical (unpaired) electrons. The monoisotopic (exact) mass is 375 g/mol. The van der Waals surface area contributed by atoms with E-state index in [1.54, 1.807) is 25.6 Å². The highest BCUT2D eigenvalue weighted by Crippen LogP contribution is 2.36. The number of benzene rings is 1. The zero-order valence-electron chi connectivity index (χ0n) is 11.2. The summed E-state index contributed by atoms with van der Waals surface area (Å²) in [6.07, 6.45) is 0.712. The Morgan fingerprint density at radius 2 is 1.95 bits per heavy atom. The van der Waals surface area contributed by atoms with Gasteiger partial charge in [-0.3, -0.25) is 0 Å². The average molecular weight is 377 g/mol. The molecule has 0 aliphatic carbocycles. The Morgan fingerprint density at radius 1 is 1.25 bits per heavy atom. The highest BCUT2D eigenvalue weighted by molar-refractivity contribution is 9.11. The Morgan fingerprint density at radius 3 is 2.50 bits per heavy atom. The lowest BCUT2D eigenvalue weighted by Gasteiger charge is -2.12. The van der Waals surface area contributed by atoms with Gasteiger partial charge in [0, 0.05) is 10.9 Å². The Labute approximate surface area is 135 Å². The molecule has 0 spiro atoms. The Bertz CT molecular complexity index is 583. The smallest absolute Gasteiger partial charge is 0.160 e. The van der Waals surface area contributed by atoms with E-state index < -0.39 is 0 Å². The molecule has 1 atom stereocenters. The van der Waals surface area contributed by atoms with E-state index >= 15 is 0 Å². The number of ether oxygens (including phenoxy) is 2. The molecule has 1 aromatic heterocycles. The molecule has 0 fully saturated rings. The molecule has 1 heterocycles. The lowest BCUT2D eigenvalue weighted by Crippen LogP contribution is -2.11. The van der Waals surface area contributed by atoms with Crippen molar-refractivity contribution in [2.24, 2.45) is 5.73 Å². The van der Waals surface area contributed by atoms with E-state index in [0.717, 1.165) is 14.2 Å². The molecule has 1 aromatic carbocycles. The first kappa shape index (κ1) is 15.6. The minimum absolute atomic E-state index is 0.0955. The summed E-state index contributed by atoms with van der Waals surface area (Å²) in [7, 11) is 3.24. The summed E-state index contributed by atoms with van der Waals surface area (Å²) in [5.41, 5.74) is 7.32. The van der Waals surface area contributed by atoms with Crippen LogP contribution in [0.5, 0.6) is 11.5 Å². The fourth-order valence-corrected chi connectivity index (χ4v) is 3.66. The quantitative estimate of drug-likeness (QED) is 0.840. The lowest BCUT2D eigenvalue weighted by molar-refractivity contribution is 0.354. The molecule has 108 valence electrons. The van der Waals surface area contributed by atoms with Gasteiger partial charge >= 0.3 is 0 Å². The van der Waals surface area contributed by atoms with Gasteiger partial charge in [0.25, 0.3) is 0 Å². The predicted octanol–water partition coefficient (Wildman–Crippen LogP) is 4.42. The van der Waals surface area contributed by atoms with Crippen LogP contribution in [0.4, 0.5) is 0 Å². The fraction of sp³-hybridized carbons (Fsp3) is 0.286. The van der Waals surface area contributed by atoms with Crippen molar-refractivity contribution < 1.29 is 9.47 Å². The Balaban J connectivity index is 2.17. The third kappa shape index (κ3) is 3.47. The van der Waals surface area contributed by atoms with Crippen LogP contribution in [0.3, 0.4) is 0 Å². The normalized spacial score (nSPS) is 12.2. The summed E-state index contributed by atoms with van der Waals surface area (Å²) >= 11 is 11.0. The SMILES string of the molecule is COc1ccc(CC(N)c2cc(Cl)c(Br)s2)cc1OC. The lowest BCUT2D eigenvalue weighted by atomic mass is 10.0. The second-order valence-corrected chi connectivity index (χ2v) is 7.08. The number of nitrogens with two attached hydrogens (primary N) is 1.